The molecule has 0 aromatic carbocycles. The topological polar surface area (TPSA) is 111 Å². The highest BCUT2D eigenvalue weighted by molar-refractivity contribution is 7.89. The summed E-state index contributed by atoms with van der Waals surface area (Å²) in [5, 5.41) is 7.43. The van der Waals surface area contributed by atoms with Gasteiger partial charge in [0.2, 0.25) is 15.9 Å². The number of ether oxygens (including phenoxy) is 1. The normalized spacial score (nSPS) is 19.3. The Kier molecular flexibility index (Phi) is 5.93. The molecule has 0 bridgehead atoms. The van der Waals surface area contributed by atoms with Gasteiger partial charge in [0.1, 0.15) is 9.90 Å². The second kappa shape index (κ2) is 8.36. The number of hydrogen-bond donors (Lipinski definition) is 1. The molecule has 1 fully saturated rings. The van der Waals surface area contributed by atoms with Crippen molar-refractivity contribution in [2.24, 2.45) is 13.0 Å². The first-order chi connectivity index (χ1) is 14.7. The SMILES string of the molecule is COC(=O)c1c(NC(=O)C2CCCN(S(=O)(=O)c3cnn(C)c3C)C2)sc2c1CCC2. The maximum absolute atomic E-state index is 13.1. The molecule has 1 saturated heterocycles. The van der Waals surface area contributed by atoms with Crippen LogP contribution in [-0.2, 0) is 39.4 Å². The third kappa shape index (κ3) is 3.90. The highest BCUT2D eigenvalue weighted by Crippen LogP contribution is 2.40. The van der Waals surface area contributed by atoms with Crippen LogP contribution in [-0.4, -0.2) is 54.6 Å². The van der Waals surface area contributed by atoms with Crippen LogP contribution < -0.4 is 5.32 Å². The summed E-state index contributed by atoms with van der Waals surface area (Å²) in [5.74, 6) is -1.22. The van der Waals surface area contributed by atoms with Crippen LogP contribution >= 0.6 is 11.3 Å². The summed E-state index contributed by atoms with van der Waals surface area (Å²) in [6, 6.07) is 0. The van der Waals surface area contributed by atoms with Crippen LogP contribution in [0.5, 0.6) is 0 Å². The van der Waals surface area contributed by atoms with E-state index in [-0.39, 0.29) is 17.3 Å². The van der Waals surface area contributed by atoms with Gasteiger partial charge in [-0.05, 0) is 44.6 Å². The van der Waals surface area contributed by atoms with Crippen LogP contribution in [0, 0.1) is 12.8 Å². The average Bonchev–Trinajstić information content (AvgIpc) is 3.43. The minimum absolute atomic E-state index is 0.0984. The van der Waals surface area contributed by atoms with Crippen molar-refractivity contribution < 1.29 is 22.7 Å². The summed E-state index contributed by atoms with van der Waals surface area (Å²) in [7, 11) is -0.713. The van der Waals surface area contributed by atoms with E-state index < -0.39 is 21.9 Å². The van der Waals surface area contributed by atoms with E-state index in [9.17, 15) is 18.0 Å². The Bertz CT molecular complexity index is 1130. The Hall–Kier alpha value is -2.24. The summed E-state index contributed by atoms with van der Waals surface area (Å²) in [5.41, 5.74) is 1.97. The fourth-order valence-corrected chi connectivity index (χ4v) is 7.26. The monoisotopic (exact) mass is 466 g/mol. The van der Waals surface area contributed by atoms with Crippen molar-refractivity contribution in [3.63, 3.8) is 0 Å². The molecule has 2 aliphatic rings. The zero-order chi connectivity index (χ0) is 22.3. The number of hydrogen-bond acceptors (Lipinski definition) is 7. The predicted molar refractivity (Wildman–Crippen MR) is 116 cm³/mol. The number of nitrogens with zero attached hydrogens (tertiary/aromatic N) is 3. The van der Waals surface area contributed by atoms with Gasteiger partial charge < -0.3 is 10.1 Å². The summed E-state index contributed by atoms with van der Waals surface area (Å²) in [6.07, 6.45) is 5.20. The van der Waals surface area contributed by atoms with E-state index in [2.05, 4.69) is 10.4 Å². The standard InChI is InChI=1S/C20H26N4O5S2/c1-12-16(10-21-23(12)2)31(27,28)24-9-5-6-13(11-24)18(25)22-19-17(20(26)29-3)14-7-4-8-15(14)30-19/h10,13H,4-9,11H2,1-3H3,(H,22,25). The maximum Gasteiger partial charge on any atom is 0.341 e. The average molecular weight is 467 g/mol. The van der Waals surface area contributed by atoms with E-state index in [1.54, 1.807) is 14.0 Å². The molecule has 1 amide bonds. The zero-order valence-corrected chi connectivity index (χ0v) is 19.4. The third-order valence-electron chi connectivity index (χ3n) is 6.11. The van der Waals surface area contributed by atoms with Crippen LogP contribution in [0.3, 0.4) is 0 Å². The van der Waals surface area contributed by atoms with Crippen molar-refractivity contribution in [3.8, 4) is 0 Å². The molecule has 0 spiro atoms. The van der Waals surface area contributed by atoms with Gasteiger partial charge in [-0.25, -0.2) is 13.2 Å². The van der Waals surface area contributed by atoms with Crippen LogP contribution in [0.1, 0.15) is 45.8 Å². The smallest absolute Gasteiger partial charge is 0.341 e. The first-order valence-electron chi connectivity index (χ1n) is 10.3. The molecular formula is C20H26N4O5S2. The molecule has 1 aliphatic carbocycles. The molecule has 2 aromatic rings. The quantitative estimate of drug-likeness (QED) is 0.676. The predicted octanol–water partition coefficient (Wildman–Crippen LogP) is 2.10. The maximum atomic E-state index is 13.1. The number of thiophene rings is 1. The summed E-state index contributed by atoms with van der Waals surface area (Å²) in [4.78, 5) is 26.6. The van der Waals surface area contributed by atoms with Gasteiger partial charge in [-0.3, -0.25) is 9.48 Å². The molecule has 1 unspecified atom stereocenters. The third-order valence-corrected chi connectivity index (χ3v) is 9.29. The summed E-state index contributed by atoms with van der Waals surface area (Å²) in [6.45, 7) is 2.17. The summed E-state index contributed by atoms with van der Waals surface area (Å²) < 4.78 is 34.0. The Morgan fingerprint density at radius 3 is 2.74 bits per heavy atom. The number of fused-ring (bicyclic) bond motifs is 1. The Labute approximate surface area is 185 Å². The minimum Gasteiger partial charge on any atom is -0.465 e. The van der Waals surface area contributed by atoms with Crippen molar-refractivity contribution in [2.75, 3.05) is 25.5 Å². The number of nitrogens with one attached hydrogen (secondary N) is 1. The van der Waals surface area contributed by atoms with Crippen molar-refractivity contribution in [1.82, 2.24) is 14.1 Å². The molecular weight excluding hydrogens is 440 g/mol. The molecule has 3 heterocycles. The van der Waals surface area contributed by atoms with Crippen molar-refractivity contribution in [1.29, 1.82) is 0 Å². The lowest BCUT2D eigenvalue weighted by Crippen LogP contribution is -2.43. The lowest BCUT2D eigenvalue weighted by atomic mass is 9.99. The van der Waals surface area contributed by atoms with Crippen molar-refractivity contribution >= 4 is 38.2 Å². The van der Waals surface area contributed by atoms with Gasteiger partial charge in [-0.1, -0.05) is 0 Å². The van der Waals surface area contributed by atoms with Crippen LogP contribution in [0.2, 0.25) is 0 Å². The number of methoxy groups -OCH3 is 1. The number of anilines is 1. The van der Waals surface area contributed by atoms with Gasteiger partial charge in [0, 0.05) is 25.0 Å². The minimum atomic E-state index is -3.74. The van der Waals surface area contributed by atoms with Gasteiger partial charge in [-0.2, -0.15) is 9.40 Å². The number of rotatable bonds is 5. The van der Waals surface area contributed by atoms with E-state index in [1.807, 2.05) is 0 Å². The molecule has 1 atom stereocenters. The van der Waals surface area contributed by atoms with Gasteiger partial charge >= 0.3 is 5.97 Å². The van der Waals surface area contributed by atoms with Gasteiger partial charge in [0.05, 0.1) is 30.5 Å². The van der Waals surface area contributed by atoms with Gasteiger partial charge in [0.15, 0.2) is 0 Å². The number of piperidine rings is 1. The number of esters is 1. The van der Waals surface area contributed by atoms with E-state index in [0.29, 0.717) is 35.6 Å². The van der Waals surface area contributed by atoms with Crippen molar-refractivity contribution in [3.05, 3.63) is 27.9 Å². The number of sulfonamides is 1. The van der Waals surface area contributed by atoms with Gasteiger partial charge in [-0.15, -0.1) is 11.3 Å². The highest BCUT2D eigenvalue weighted by Gasteiger charge is 2.36. The first kappa shape index (κ1) is 22.0. The molecule has 0 saturated carbocycles. The summed E-state index contributed by atoms with van der Waals surface area (Å²) >= 11 is 1.42. The molecule has 2 aromatic heterocycles. The molecule has 9 nitrogen and oxygen atoms in total. The van der Waals surface area contributed by atoms with Crippen LogP contribution in [0.15, 0.2) is 11.1 Å². The van der Waals surface area contributed by atoms with Crippen molar-refractivity contribution in [2.45, 2.75) is 43.9 Å². The molecule has 1 aliphatic heterocycles. The Morgan fingerprint density at radius 2 is 2.06 bits per heavy atom. The number of aromatic nitrogens is 2. The van der Waals surface area contributed by atoms with Gasteiger partial charge in [0.25, 0.3) is 0 Å². The Morgan fingerprint density at radius 1 is 1.29 bits per heavy atom. The second-order valence-electron chi connectivity index (χ2n) is 7.96. The lowest BCUT2D eigenvalue weighted by molar-refractivity contribution is -0.120. The lowest BCUT2D eigenvalue weighted by Gasteiger charge is -2.31. The van der Waals surface area contributed by atoms with E-state index in [4.69, 9.17) is 4.74 Å². The van der Waals surface area contributed by atoms with E-state index in [0.717, 1.165) is 29.7 Å². The largest absolute Gasteiger partial charge is 0.465 e. The Balaban J connectivity index is 1.53. The second-order valence-corrected chi connectivity index (χ2v) is 11.0. The first-order valence-corrected chi connectivity index (χ1v) is 12.5. The van der Waals surface area contributed by atoms with E-state index in [1.165, 1.54) is 33.6 Å². The number of amides is 1. The number of carbonyl (C=O) groups is 2. The van der Waals surface area contributed by atoms with Crippen LogP contribution in [0.25, 0.3) is 0 Å². The molecule has 1 N–H and O–H groups in total. The molecule has 11 heteroatoms. The fourth-order valence-electron chi connectivity index (χ4n) is 4.27. The van der Waals surface area contributed by atoms with Crippen LogP contribution in [0.4, 0.5) is 5.00 Å². The number of carbonyl (C=O) groups excluding carboxylic acids is 2. The molecule has 168 valence electrons. The zero-order valence-electron chi connectivity index (χ0n) is 17.8. The molecule has 4 rings (SSSR count). The highest BCUT2D eigenvalue weighted by atomic mass is 32.2. The fraction of sp³-hybridized carbons (Fsp3) is 0.550. The molecule has 0 radical (unpaired) electrons. The molecule has 31 heavy (non-hydrogen) atoms. The van der Waals surface area contributed by atoms with E-state index >= 15 is 0 Å². The number of aryl methyl sites for hydroxylation is 2.